The van der Waals surface area contributed by atoms with E-state index in [0.717, 1.165) is 19.2 Å². The van der Waals surface area contributed by atoms with Crippen molar-refractivity contribution in [1.29, 1.82) is 0 Å². The lowest BCUT2D eigenvalue weighted by Gasteiger charge is -2.14. The van der Waals surface area contributed by atoms with E-state index in [1.165, 1.54) is 0 Å². The summed E-state index contributed by atoms with van der Waals surface area (Å²) in [6.07, 6.45) is -2.95. The van der Waals surface area contributed by atoms with Crippen LogP contribution in [-0.4, -0.2) is 23.6 Å². The van der Waals surface area contributed by atoms with Gasteiger partial charge in [-0.2, -0.15) is 0 Å². The number of aromatic hydroxyl groups is 1. The van der Waals surface area contributed by atoms with E-state index >= 15 is 0 Å². The largest absolute Gasteiger partial charge is 0.504 e. The Morgan fingerprint density at radius 3 is 2.44 bits per heavy atom. The Morgan fingerprint density at radius 2 is 2.06 bits per heavy atom. The van der Waals surface area contributed by atoms with E-state index in [1.807, 2.05) is 0 Å². The number of hydrogen-bond acceptors (Lipinski definition) is 5. The molecule has 0 saturated carbocycles. The van der Waals surface area contributed by atoms with Crippen molar-refractivity contribution < 1.29 is 23.5 Å². The van der Waals surface area contributed by atoms with Gasteiger partial charge in [-0.25, -0.2) is 8.78 Å². The molecule has 6 nitrogen and oxygen atoms in total. The lowest BCUT2D eigenvalue weighted by Crippen LogP contribution is -2.19. The van der Waals surface area contributed by atoms with Gasteiger partial charge in [-0.15, -0.1) is 12.4 Å². The molecule has 0 radical (unpaired) electrons. The minimum absolute atomic E-state index is 0. The number of nitro groups is 1. The van der Waals surface area contributed by atoms with E-state index < -0.39 is 34.4 Å². The smallest absolute Gasteiger partial charge is 0.273 e. The summed E-state index contributed by atoms with van der Waals surface area (Å²) in [5.74, 6) is -0.892. The number of non-ortho nitro benzene ring substituents is 1. The zero-order chi connectivity index (χ0) is 13.2. The first-order chi connectivity index (χ1) is 7.88. The highest BCUT2D eigenvalue weighted by molar-refractivity contribution is 5.85. The van der Waals surface area contributed by atoms with Crippen molar-refractivity contribution in [3.8, 4) is 11.5 Å². The van der Waals surface area contributed by atoms with Gasteiger partial charge in [-0.3, -0.25) is 10.1 Å². The third-order valence-electron chi connectivity index (χ3n) is 2.15. The quantitative estimate of drug-likeness (QED) is 0.651. The summed E-state index contributed by atoms with van der Waals surface area (Å²) in [7, 11) is 1.15. The normalized spacial score (nSPS) is 11.8. The second kappa shape index (κ2) is 6.31. The minimum atomic E-state index is -2.95. The second-order valence-electron chi connectivity index (χ2n) is 3.20. The fourth-order valence-electron chi connectivity index (χ4n) is 1.27. The van der Waals surface area contributed by atoms with Crippen molar-refractivity contribution in [3.05, 3.63) is 27.8 Å². The highest BCUT2D eigenvalue weighted by Crippen LogP contribution is 2.38. The summed E-state index contributed by atoms with van der Waals surface area (Å²) >= 11 is 0. The van der Waals surface area contributed by atoms with Crippen LogP contribution in [0.3, 0.4) is 0 Å². The molecule has 102 valence electrons. The zero-order valence-electron chi connectivity index (χ0n) is 9.17. The SMILES string of the molecule is COc1cc([N+](=O)[O-])cc([C@H](N)C(F)F)c1O.Cl. The van der Waals surface area contributed by atoms with Gasteiger partial charge in [0.2, 0.25) is 0 Å². The molecule has 0 saturated heterocycles. The fraction of sp³-hybridized carbons (Fsp3) is 0.333. The molecule has 3 N–H and O–H groups in total. The van der Waals surface area contributed by atoms with E-state index in [9.17, 15) is 24.0 Å². The molecular formula is C9H11ClF2N2O4. The number of ether oxygens (including phenoxy) is 1. The molecule has 1 atom stereocenters. The topological polar surface area (TPSA) is 98.6 Å². The first-order valence-corrected chi connectivity index (χ1v) is 4.47. The van der Waals surface area contributed by atoms with Gasteiger partial charge < -0.3 is 15.6 Å². The van der Waals surface area contributed by atoms with Crippen LogP contribution in [0.5, 0.6) is 11.5 Å². The Kier molecular flexibility index (Phi) is 5.73. The molecule has 1 rings (SSSR count). The summed E-state index contributed by atoms with van der Waals surface area (Å²) in [6, 6.07) is -0.0880. The first-order valence-electron chi connectivity index (χ1n) is 4.47. The van der Waals surface area contributed by atoms with Gasteiger partial charge in [0.1, 0.15) is 0 Å². The van der Waals surface area contributed by atoms with Crippen molar-refractivity contribution in [2.24, 2.45) is 5.73 Å². The molecule has 0 aliphatic carbocycles. The number of halogens is 3. The van der Waals surface area contributed by atoms with Crippen LogP contribution in [0.15, 0.2) is 12.1 Å². The van der Waals surface area contributed by atoms with Gasteiger partial charge >= 0.3 is 0 Å². The maximum Gasteiger partial charge on any atom is 0.273 e. The van der Waals surface area contributed by atoms with E-state index in [4.69, 9.17) is 5.73 Å². The van der Waals surface area contributed by atoms with Crippen LogP contribution < -0.4 is 10.5 Å². The summed E-state index contributed by atoms with van der Waals surface area (Å²) in [6.45, 7) is 0. The molecule has 0 aliphatic heterocycles. The maximum absolute atomic E-state index is 12.4. The Morgan fingerprint density at radius 1 is 1.50 bits per heavy atom. The molecule has 18 heavy (non-hydrogen) atoms. The number of nitrogens with two attached hydrogens (primary N) is 1. The summed E-state index contributed by atoms with van der Waals surface area (Å²) < 4.78 is 29.5. The Balaban J connectivity index is 0.00000289. The van der Waals surface area contributed by atoms with Crippen molar-refractivity contribution in [2.45, 2.75) is 12.5 Å². The molecule has 0 aromatic heterocycles. The molecule has 0 fully saturated rings. The predicted octanol–water partition coefficient (Wildman–Crippen LogP) is 2.00. The predicted molar refractivity (Wildman–Crippen MR) is 61.5 cm³/mol. The molecule has 9 heteroatoms. The molecule has 1 aromatic carbocycles. The van der Waals surface area contributed by atoms with Gasteiger partial charge in [-0.05, 0) is 0 Å². The van der Waals surface area contributed by atoms with Crippen LogP contribution in [0.4, 0.5) is 14.5 Å². The van der Waals surface area contributed by atoms with Crippen LogP contribution in [0.25, 0.3) is 0 Å². The van der Waals surface area contributed by atoms with Crippen LogP contribution in [0, 0.1) is 10.1 Å². The van der Waals surface area contributed by atoms with Crippen molar-refractivity contribution in [1.82, 2.24) is 0 Å². The van der Waals surface area contributed by atoms with Crippen molar-refractivity contribution in [2.75, 3.05) is 7.11 Å². The van der Waals surface area contributed by atoms with Crippen LogP contribution >= 0.6 is 12.4 Å². The summed E-state index contributed by atoms with van der Waals surface area (Å²) in [5.41, 5.74) is 4.24. The van der Waals surface area contributed by atoms with E-state index in [-0.39, 0.29) is 18.2 Å². The van der Waals surface area contributed by atoms with Gasteiger partial charge in [0.05, 0.1) is 24.1 Å². The molecule has 1 aromatic rings. The first kappa shape index (κ1) is 16.3. The molecule has 0 heterocycles. The zero-order valence-corrected chi connectivity index (χ0v) is 9.99. The van der Waals surface area contributed by atoms with E-state index in [1.54, 1.807) is 0 Å². The Hall–Kier alpha value is -1.67. The average Bonchev–Trinajstić information content (AvgIpc) is 2.27. The standard InChI is InChI=1S/C9H10F2N2O4.ClH/c1-17-6-3-4(13(15)16)2-5(8(6)14)7(12)9(10)11;/h2-3,7,9,14H,12H2,1H3;1H/t7-;/m0./s1. The number of methoxy groups -OCH3 is 1. The number of alkyl halides is 2. The summed E-state index contributed by atoms with van der Waals surface area (Å²) in [4.78, 5) is 9.78. The van der Waals surface area contributed by atoms with Crippen molar-refractivity contribution in [3.63, 3.8) is 0 Å². The highest BCUT2D eigenvalue weighted by atomic mass is 35.5. The minimum Gasteiger partial charge on any atom is -0.504 e. The van der Waals surface area contributed by atoms with Crippen LogP contribution in [0.1, 0.15) is 11.6 Å². The second-order valence-corrected chi connectivity index (χ2v) is 3.20. The number of nitro benzene ring substituents is 1. The monoisotopic (exact) mass is 284 g/mol. The Labute approximate surface area is 107 Å². The number of phenols is 1. The molecule has 0 aliphatic rings. The van der Waals surface area contributed by atoms with E-state index in [0.29, 0.717) is 0 Å². The fourth-order valence-corrected chi connectivity index (χ4v) is 1.27. The third kappa shape index (κ3) is 3.17. The third-order valence-corrected chi connectivity index (χ3v) is 2.15. The van der Waals surface area contributed by atoms with Crippen LogP contribution in [-0.2, 0) is 0 Å². The highest BCUT2D eigenvalue weighted by Gasteiger charge is 2.26. The average molecular weight is 285 g/mol. The van der Waals surface area contributed by atoms with E-state index in [2.05, 4.69) is 4.74 Å². The number of phenolic OH excluding ortho intramolecular Hbond substituents is 1. The van der Waals surface area contributed by atoms with Crippen LogP contribution in [0.2, 0.25) is 0 Å². The molecule has 0 unspecified atom stereocenters. The molecule has 0 bridgehead atoms. The van der Waals surface area contributed by atoms with Crippen molar-refractivity contribution >= 4 is 18.1 Å². The number of hydrogen-bond donors (Lipinski definition) is 2. The van der Waals surface area contributed by atoms with Gasteiger partial charge in [0.15, 0.2) is 11.5 Å². The van der Waals surface area contributed by atoms with Gasteiger partial charge in [0.25, 0.3) is 12.1 Å². The lowest BCUT2D eigenvalue weighted by atomic mass is 10.1. The van der Waals surface area contributed by atoms with Gasteiger partial charge in [0, 0.05) is 11.6 Å². The lowest BCUT2D eigenvalue weighted by molar-refractivity contribution is -0.385. The Bertz CT molecular complexity index is 445. The molecular weight excluding hydrogens is 274 g/mol. The maximum atomic E-state index is 12.4. The van der Waals surface area contributed by atoms with Gasteiger partial charge in [-0.1, -0.05) is 0 Å². The molecule has 0 spiro atoms. The molecule has 0 amide bonds. The number of rotatable bonds is 4. The summed E-state index contributed by atoms with van der Waals surface area (Å²) in [5, 5.41) is 20.1. The number of nitrogens with zero attached hydrogens (tertiary/aromatic N) is 1. The number of benzene rings is 1.